The Labute approximate surface area is 148 Å². The van der Waals surface area contributed by atoms with Gasteiger partial charge in [0, 0.05) is 23.2 Å². The van der Waals surface area contributed by atoms with Crippen molar-refractivity contribution in [3.8, 4) is 0 Å². The Balaban J connectivity index is 1.94. The van der Waals surface area contributed by atoms with Gasteiger partial charge in [0.25, 0.3) is 5.91 Å². The lowest BCUT2D eigenvalue weighted by molar-refractivity contribution is -0.119. The summed E-state index contributed by atoms with van der Waals surface area (Å²) >= 11 is 5.84. The van der Waals surface area contributed by atoms with Crippen LogP contribution >= 0.6 is 11.6 Å². The van der Waals surface area contributed by atoms with Crippen molar-refractivity contribution >= 4 is 45.8 Å². The number of carbonyl (C=O) groups is 2. The van der Waals surface area contributed by atoms with Crippen LogP contribution in [-0.4, -0.2) is 25.5 Å². The fourth-order valence-corrected chi connectivity index (χ4v) is 2.48. The van der Waals surface area contributed by atoms with Gasteiger partial charge in [0.05, 0.1) is 0 Å². The van der Waals surface area contributed by atoms with Crippen molar-refractivity contribution in [2.75, 3.05) is 24.4 Å². The second kappa shape index (κ2) is 7.38. The highest BCUT2D eigenvalue weighted by Gasteiger charge is 2.22. The molecular formula is C18H15ClN2O4. The third-order valence-corrected chi connectivity index (χ3v) is 3.70. The van der Waals surface area contributed by atoms with Crippen molar-refractivity contribution in [2.45, 2.75) is 0 Å². The van der Waals surface area contributed by atoms with E-state index in [9.17, 15) is 9.59 Å². The lowest BCUT2D eigenvalue weighted by Crippen LogP contribution is -2.20. The SMILES string of the molecule is COCC(=O)Nc1c(C(=O)Nc2ccc(Cl)cc2)oc2ccccc12. The monoisotopic (exact) mass is 358 g/mol. The van der Waals surface area contributed by atoms with Gasteiger partial charge in [0.2, 0.25) is 11.7 Å². The summed E-state index contributed by atoms with van der Waals surface area (Å²) in [6.45, 7) is -0.127. The van der Waals surface area contributed by atoms with Gasteiger partial charge in [-0.15, -0.1) is 0 Å². The van der Waals surface area contributed by atoms with Gasteiger partial charge in [-0.05, 0) is 36.4 Å². The number of nitrogens with one attached hydrogen (secondary N) is 2. The maximum Gasteiger partial charge on any atom is 0.293 e. The zero-order chi connectivity index (χ0) is 17.8. The van der Waals surface area contributed by atoms with Crippen molar-refractivity contribution in [1.29, 1.82) is 0 Å². The van der Waals surface area contributed by atoms with Crippen molar-refractivity contribution in [2.24, 2.45) is 0 Å². The number of benzene rings is 2. The molecular weight excluding hydrogens is 344 g/mol. The molecule has 0 saturated carbocycles. The molecule has 6 nitrogen and oxygen atoms in total. The maximum atomic E-state index is 12.6. The number of furan rings is 1. The predicted molar refractivity (Wildman–Crippen MR) is 96.1 cm³/mol. The molecule has 25 heavy (non-hydrogen) atoms. The zero-order valence-corrected chi connectivity index (χ0v) is 14.1. The van der Waals surface area contributed by atoms with Crippen LogP contribution in [0.5, 0.6) is 0 Å². The van der Waals surface area contributed by atoms with E-state index in [4.69, 9.17) is 20.8 Å². The number of anilines is 2. The minimum Gasteiger partial charge on any atom is -0.449 e. The molecule has 2 amide bonds. The molecule has 128 valence electrons. The second-order valence-corrected chi connectivity index (χ2v) is 5.68. The topological polar surface area (TPSA) is 80.6 Å². The predicted octanol–water partition coefficient (Wildman–Crippen LogP) is 3.92. The van der Waals surface area contributed by atoms with E-state index in [1.807, 2.05) is 0 Å². The molecule has 2 N–H and O–H groups in total. The molecule has 2 aromatic carbocycles. The molecule has 1 aromatic heterocycles. The number of ether oxygens (including phenoxy) is 1. The van der Waals surface area contributed by atoms with Crippen LogP contribution in [0.1, 0.15) is 10.6 Å². The summed E-state index contributed by atoms with van der Waals surface area (Å²) in [5.41, 5.74) is 1.37. The minimum atomic E-state index is -0.480. The number of fused-ring (bicyclic) bond motifs is 1. The number of hydrogen-bond donors (Lipinski definition) is 2. The molecule has 1 heterocycles. The molecule has 0 atom stereocenters. The smallest absolute Gasteiger partial charge is 0.293 e. The van der Waals surface area contributed by atoms with E-state index in [0.29, 0.717) is 27.4 Å². The first-order valence-electron chi connectivity index (χ1n) is 7.45. The molecule has 0 bridgehead atoms. The second-order valence-electron chi connectivity index (χ2n) is 5.24. The van der Waals surface area contributed by atoms with Crippen molar-refractivity contribution < 1.29 is 18.7 Å². The lowest BCUT2D eigenvalue weighted by atomic mass is 10.2. The summed E-state index contributed by atoms with van der Waals surface area (Å²) in [5, 5.41) is 6.59. The Hall–Kier alpha value is -2.83. The van der Waals surface area contributed by atoms with Gasteiger partial charge in [-0.1, -0.05) is 23.7 Å². The fourth-order valence-electron chi connectivity index (χ4n) is 2.36. The molecule has 0 fully saturated rings. The van der Waals surface area contributed by atoms with Gasteiger partial charge in [0.1, 0.15) is 17.9 Å². The molecule has 0 aliphatic heterocycles. The summed E-state index contributed by atoms with van der Waals surface area (Å²) < 4.78 is 10.5. The normalized spacial score (nSPS) is 10.6. The molecule has 3 rings (SSSR count). The molecule has 0 radical (unpaired) electrons. The highest BCUT2D eigenvalue weighted by molar-refractivity contribution is 6.30. The fraction of sp³-hybridized carbons (Fsp3) is 0.111. The molecule has 0 spiro atoms. The Morgan fingerprint density at radius 1 is 1.08 bits per heavy atom. The molecule has 0 aliphatic rings. The molecule has 7 heteroatoms. The highest BCUT2D eigenvalue weighted by atomic mass is 35.5. The Kier molecular flexibility index (Phi) is 5.02. The summed E-state index contributed by atoms with van der Waals surface area (Å²) in [6, 6.07) is 13.7. The standard InChI is InChI=1S/C18H15ClN2O4/c1-24-10-15(22)21-16-13-4-2-3-5-14(13)25-17(16)18(23)20-12-8-6-11(19)7-9-12/h2-9H,10H2,1H3,(H,20,23)(H,21,22). The summed E-state index contributed by atoms with van der Waals surface area (Å²) in [5.74, 6) is -0.846. The lowest BCUT2D eigenvalue weighted by Gasteiger charge is -2.07. The maximum absolute atomic E-state index is 12.6. The molecule has 0 unspecified atom stereocenters. The van der Waals surface area contributed by atoms with Gasteiger partial charge in [-0.2, -0.15) is 0 Å². The number of halogens is 1. The molecule has 3 aromatic rings. The van der Waals surface area contributed by atoms with E-state index in [1.165, 1.54) is 7.11 Å². The minimum absolute atomic E-state index is 0.0144. The largest absolute Gasteiger partial charge is 0.449 e. The van der Waals surface area contributed by atoms with E-state index < -0.39 is 5.91 Å². The van der Waals surface area contributed by atoms with Crippen LogP contribution < -0.4 is 10.6 Å². The number of hydrogen-bond acceptors (Lipinski definition) is 4. The van der Waals surface area contributed by atoms with Crippen LogP contribution in [-0.2, 0) is 9.53 Å². The van der Waals surface area contributed by atoms with Crippen LogP contribution in [0.15, 0.2) is 52.9 Å². The van der Waals surface area contributed by atoms with E-state index in [-0.39, 0.29) is 18.3 Å². The Bertz CT molecular complexity index is 918. The zero-order valence-electron chi connectivity index (χ0n) is 13.3. The third kappa shape index (κ3) is 3.81. The number of carbonyl (C=O) groups excluding carboxylic acids is 2. The van der Waals surface area contributed by atoms with E-state index in [2.05, 4.69) is 10.6 Å². The quantitative estimate of drug-likeness (QED) is 0.724. The van der Waals surface area contributed by atoms with Gasteiger partial charge in [-0.25, -0.2) is 0 Å². The number of methoxy groups -OCH3 is 1. The first-order chi connectivity index (χ1) is 12.1. The Morgan fingerprint density at radius 3 is 2.52 bits per heavy atom. The average molecular weight is 359 g/mol. The summed E-state index contributed by atoms with van der Waals surface area (Å²) in [6.07, 6.45) is 0. The first-order valence-corrected chi connectivity index (χ1v) is 7.83. The van der Waals surface area contributed by atoms with Crippen LogP contribution in [0.3, 0.4) is 0 Å². The average Bonchev–Trinajstić information content (AvgIpc) is 2.96. The summed E-state index contributed by atoms with van der Waals surface area (Å²) in [4.78, 5) is 24.5. The van der Waals surface area contributed by atoms with E-state index >= 15 is 0 Å². The van der Waals surface area contributed by atoms with Crippen molar-refractivity contribution in [3.63, 3.8) is 0 Å². The van der Waals surface area contributed by atoms with Crippen molar-refractivity contribution in [3.05, 3.63) is 59.3 Å². The Morgan fingerprint density at radius 2 is 1.80 bits per heavy atom. The number of amides is 2. The third-order valence-electron chi connectivity index (χ3n) is 3.44. The van der Waals surface area contributed by atoms with Gasteiger partial charge in [-0.3, -0.25) is 9.59 Å². The molecule has 0 aliphatic carbocycles. The van der Waals surface area contributed by atoms with Crippen LogP contribution in [0.2, 0.25) is 5.02 Å². The summed E-state index contributed by atoms with van der Waals surface area (Å²) in [7, 11) is 1.42. The van der Waals surface area contributed by atoms with Gasteiger partial charge in [0.15, 0.2) is 0 Å². The first kappa shape index (κ1) is 17.0. The van der Waals surface area contributed by atoms with Crippen LogP contribution in [0, 0.1) is 0 Å². The van der Waals surface area contributed by atoms with Gasteiger partial charge >= 0.3 is 0 Å². The number of para-hydroxylation sites is 1. The van der Waals surface area contributed by atoms with Crippen molar-refractivity contribution in [1.82, 2.24) is 0 Å². The number of rotatable bonds is 5. The van der Waals surface area contributed by atoms with Gasteiger partial charge < -0.3 is 19.8 Å². The van der Waals surface area contributed by atoms with Crippen LogP contribution in [0.4, 0.5) is 11.4 Å². The van der Waals surface area contributed by atoms with E-state index in [0.717, 1.165) is 0 Å². The highest BCUT2D eigenvalue weighted by Crippen LogP contribution is 2.31. The molecule has 0 saturated heterocycles. The van der Waals surface area contributed by atoms with Crippen LogP contribution in [0.25, 0.3) is 11.0 Å². The van der Waals surface area contributed by atoms with E-state index in [1.54, 1.807) is 48.5 Å².